The van der Waals surface area contributed by atoms with Gasteiger partial charge in [-0.05, 0) is 31.7 Å². The third-order valence-electron chi connectivity index (χ3n) is 6.71. The minimum atomic E-state index is -0.0738. The molecule has 0 radical (unpaired) electrons. The molecule has 3 aliphatic heterocycles. The van der Waals surface area contributed by atoms with E-state index < -0.39 is 0 Å². The van der Waals surface area contributed by atoms with Crippen LogP contribution in [0.3, 0.4) is 0 Å². The second-order valence-corrected chi connectivity index (χ2v) is 8.15. The highest BCUT2D eigenvalue weighted by Crippen LogP contribution is 2.48. The zero-order valence-electron chi connectivity index (χ0n) is 16.6. The van der Waals surface area contributed by atoms with Gasteiger partial charge in [0.25, 0.3) is 5.91 Å². The number of hydrogen-bond acceptors (Lipinski definition) is 4. The van der Waals surface area contributed by atoms with Crippen molar-refractivity contribution in [1.29, 1.82) is 0 Å². The normalized spacial score (nSPS) is 27.2. The predicted octanol–water partition coefficient (Wildman–Crippen LogP) is 3.43. The fourth-order valence-corrected chi connectivity index (χ4v) is 5.37. The Balaban J connectivity index is 1.51. The number of likely N-dealkylation sites (tertiary alicyclic amines) is 1. The van der Waals surface area contributed by atoms with E-state index in [1.165, 1.54) is 5.57 Å². The summed E-state index contributed by atoms with van der Waals surface area (Å²) in [5.74, 6) is 0.831. The van der Waals surface area contributed by atoms with Crippen LogP contribution in [-0.2, 0) is 9.47 Å². The lowest BCUT2D eigenvalue weighted by atomic mass is 9.65. The minimum Gasteiger partial charge on any atom is -0.380 e. The SMILES string of the molecule is O=C(c1ccccc1-c1ncc[nH]1)N1CCC[C@]2(C3=CCOCC3)COCC[C@@H]12. The Morgan fingerprint density at radius 1 is 1.24 bits per heavy atom. The summed E-state index contributed by atoms with van der Waals surface area (Å²) in [5, 5.41) is 0. The van der Waals surface area contributed by atoms with Gasteiger partial charge in [0.05, 0.1) is 25.4 Å². The maximum atomic E-state index is 13.8. The zero-order valence-corrected chi connectivity index (χ0v) is 16.6. The van der Waals surface area contributed by atoms with Crippen molar-refractivity contribution in [3.05, 3.63) is 53.9 Å². The predicted molar refractivity (Wildman–Crippen MR) is 109 cm³/mol. The number of hydrogen-bond donors (Lipinski definition) is 1. The van der Waals surface area contributed by atoms with E-state index >= 15 is 0 Å². The van der Waals surface area contributed by atoms with Crippen molar-refractivity contribution in [1.82, 2.24) is 14.9 Å². The van der Waals surface area contributed by atoms with Gasteiger partial charge >= 0.3 is 0 Å². The highest BCUT2D eigenvalue weighted by molar-refractivity contribution is 6.00. The topological polar surface area (TPSA) is 67.5 Å². The van der Waals surface area contributed by atoms with Crippen LogP contribution < -0.4 is 0 Å². The summed E-state index contributed by atoms with van der Waals surface area (Å²) in [7, 11) is 0. The Kier molecular flexibility index (Phi) is 4.97. The number of aromatic amines is 1. The van der Waals surface area contributed by atoms with E-state index in [0.717, 1.165) is 50.2 Å². The van der Waals surface area contributed by atoms with Crippen LogP contribution in [0.5, 0.6) is 0 Å². The van der Waals surface area contributed by atoms with Crippen LogP contribution in [0, 0.1) is 5.41 Å². The second-order valence-electron chi connectivity index (χ2n) is 8.15. The molecule has 3 aliphatic rings. The van der Waals surface area contributed by atoms with E-state index in [0.29, 0.717) is 25.4 Å². The number of benzene rings is 1. The summed E-state index contributed by atoms with van der Waals surface area (Å²) >= 11 is 0. The first kappa shape index (κ1) is 18.6. The van der Waals surface area contributed by atoms with Crippen LogP contribution in [0.4, 0.5) is 0 Å². The molecule has 1 amide bonds. The van der Waals surface area contributed by atoms with Crippen LogP contribution in [-0.4, -0.2) is 59.8 Å². The molecule has 152 valence electrons. The first-order valence-corrected chi connectivity index (χ1v) is 10.5. The lowest BCUT2D eigenvalue weighted by Gasteiger charge is -2.54. The minimum absolute atomic E-state index is 0.0738. The Hall–Kier alpha value is -2.44. The number of aromatic nitrogens is 2. The van der Waals surface area contributed by atoms with E-state index in [1.54, 1.807) is 12.4 Å². The van der Waals surface area contributed by atoms with Crippen molar-refractivity contribution in [2.24, 2.45) is 5.41 Å². The van der Waals surface area contributed by atoms with Crippen molar-refractivity contribution < 1.29 is 14.3 Å². The van der Waals surface area contributed by atoms with Crippen LogP contribution in [0.15, 0.2) is 48.3 Å². The molecule has 5 rings (SSSR count). The zero-order chi connectivity index (χ0) is 19.7. The summed E-state index contributed by atoms with van der Waals surface area (Å²) in [4.78, 5) is 23.4. The molecule has 6 heteroatoms. The third-order valence-corrected chi connectivity index (χ3v) is 6.71. The van der Waals surface area contributed by atoms with Gasteiger partial charge in [-0.15, -0.1) is 0 Å². The van der Waals surface area contributed by atoms with E-state index in [2.05, 4.69) is 20.9 Å². The standard InChI is InChI=1S/C23H27N3O3/c27-22(19-5-2-1-4-18(19)21-24-10-11-25-21)26-12-3-9-23(16-29-15-8-20(23)26)17-6-13-28-14-7-17/h1-2,4-6,10-11,20H,3,7-9,12-16H2,(H,24,25)/t20-,23-/m1/s1. The third kappa shape index (κ3) is 3.20. The van der Waals surface area contributed by atoms with Gasteiger partial charge < -0.3 is 19.4 Å². The molecule has 0 bridgehead atoms. The summed E-state index contributed by atoms with van der Waals surface area (Å²) in [6, 6.07) is 7.95. The van der Waals surface area contributed by atoms with Gasteiger partial charge in [0, 0.05) is 42.6 Å². The lowest BCUT2D eigenvalue weighted by molar-refractivity contribution is -0.0738. The van der Waals surface area contributed by atoms with Crippen molar-refractivity contribution in [3.63, 3.8) is 0 Å². The molecule has 0 unspecified atom stereocenters. The summed E-state index contributed by atoms with van der Waals surface area (Å²) in [6.45, 7) is 3.63. The number of amides is 1. The Bertz CT molecular complexity index is 904. The van der Waals surface area contributed by atoms with Gasteiger partial charge in [0.2, 0.25) is 0 Å². The van der Waals surface area contributed by atoms with Crippen molar-refractivity contribution in [2.45, 2.75) is 31.7 Å². The molecule has 1 aromatic heterocycles. The molecular formula is C23H27N3O3. The van der Waals surface area contributed by atoms with E-state index in [9.17, 15) is 4.79 Å². The summed E-state index contributed by atoms with van der Waals surface area (Å²) in [6.07, 6.45) is 9.63. The maximum absolute atomic E-state index is 13.8. The summed E-state index contributed by atoms with van der Waals surface area (Å²) in [5.41, 5.74) is 2.92. The Labute approximate surface area is 170 Å². The van der Waals surface area contributed by atoms with Crippen LogP contribution in [0.25, 0.3) is 11.4 Å². The lowest BCUT2D eigenvalue weighted by Crippen LogP contribution is -2.59. The monoisotopic (exact) mass is 393 g/mol. The van der Waals surface area contributed by atoms with Crippen LogP contribution in [0.1, 0.15) is 36.0 Å². The Morgan fingerprint density at radius 2 is 2.17 bits per heavy atom. The molecule has 2 atom stereocenters. The molecule has 0 spiro atoms. The number of rotatable bonds is 3. The maximum Gasteiger partial charge on any atom is 0.254 e. The quantitative estimate of drug-likeness (QED) is 0.812. The van der Waals surface area contributed by atoms with Gasteiger partial charge in [-0.1, -0.05) is 29.8 Å². The first-order chi connectivity index (χ1) is 14.3. The molecule has 0 aliphatic carbocycles. The van der Waals surface area contributed by atoms with Crippen molar-refractivity contribution >= 4 is 5.91 Å². The molecule has 4 heterocycles. The van der Waals surface area contributed by atoms with Gasteiger partial charge in [0.1, 0.15) is 5.82 Å². The van der Waals surface area contributed by atoms with Crippen LogP contribution in [0.2, 0.25) is 0 Å². The van der Waals surface area contributed by atoms with Crippen LogP contribution >= 0.6 is 0 Å². The Morgan fingerprint density at radius 3 is 3.00 bits per heavy atom. The highest BCUT2D eigenvalue weighted by Gasteiger charge is 2.50. The molecule has 0 saturated carbocycles. The second kappa shape index (κ2) is 7.76. The smallest absolute Gasteiger partial charge is 0.254 e. The van der Waals surface area contributed by atoms with E-state index in [1.807, 2.05) is 24.3 Å². The van der Waals surface area contributed by atoms with E-state index in [4.69, 9.17) is 9.47 Å². The average molecular weight is 393 g/mol. The molecule has 2 aromatic rings. The number of carbonyl (C=O) groups excluding carboxylic acids is 1. The number of carbonyl (C=O) groups is 1. The van der Waals surface area contributed by atoms with Gasteiger partial charge in [0.15, 0.2) is 0 Å². The largest absolute Gasteiger partial charge is 0.380 e. The van der Waals surface area contributed by atoms with Gasteiger partial charge in [-0.3, -0.25) is 4.79 Å². The van der Waals surface area contributed by atoms with Crippen molar-refractivity contribution in [2.75, 3.05) is 33.0 Å². The van der Waals surface area contributed by atoms with Gasteiger partial charge in [-0.2, -0.15) is 0 Å². The molecule has 2 fully saturated rings. The molecule has 1 N–H and O–H groups in total. The molecular weight excluding hydrogens is 366 g/mol. The fourth-order valence-electron chi connectivity index (χ4n) is 5.37. The number of H-pyrrole nitrogens is 1. The number of fused-ring (bicyclic) bond motifs is 1. The number of nitrogens with zero attached hydrogens (tertiary/aromatic N) is 2. The number of imidazole rings is 1. The molecule has 2 saturated heterocycles. The average Bonchev–Trinajstić information content (AvgIpc) is 3.33. The van der Waals surface area contributed by atoms with Gasteiger partial charge in [-0.25, -0.2) is 4.98 Å². The highest BCUT2D eigenvalue weighted by atomic mass is 16.5. The van der Waals surface area contributed by atoms with E-state index in [-0.39, 0.29) is 17.4 Å². The number of nitrogens with one attached hydrogen (secondary N) is 1. The number of ether oxygens (including phenoxy) is 2. The molecule has 29 heavy (non-hydrogen) atoms. The first-order valence-electron chi connectivity index (χ1n) is 10.5. The summed E-state index contributed by atoms with van der Waals surface area (Å²) < 4.78 is 11.5. The number of piperidine rings is 1. The molecule has 6 nitrogen and oxygen atoms in total. The van der Waals surface area contributed by atoms with Crippen molar-refractivity contribution in [3.8, 4) is 11.4 Å². The fraction of sp³-hybridized carbons (Fsp3) is 0.478. The molecule has 1 aromatic carbocycles.